The third-order valence-corrected chi connectivity index (χ3v) is 3.16. The SMILES string of the molecule is C=C/C(=C\CCCC)Sc1ccccc1. The van der Waals surface area contributed by atoms with Gasteiger partial charge in [0.15, 0.2) is 0 Å². The fourth-order valence-corrected chi connectivity index (χ4v) is 2.09. The molecule has 0 unspecified atom stereocenters. The highest BCUT2D eigenvalue weighted by atomic mass is 32.2. The van der Waals surface area contributed by atoms with Crippen LogP contribution in [0.3, 0.4) is 0 Å². The van der Waals surface area contributed by atoms with Crippen LogP contribution in [0.2, 0.25) is 0 Å². The minimum atomic E-state index is 1.15. The summed E-state index contributed by atoms with van der Waals surface area (Å²) in [5, 5.41) is 0. The van der Waals surface area contributed by atoms with Crippen LogP contribution >= 0.6 is 11.8 Å². The van der Waals surface area contributed by atoms with Gasteiger partial charge in [0, 0.05) is 9.80 Å². The molecule has 0 radical (unpaired) electrons. The van der Waals surface area contributed by atoms with E-state index in [0.29, 0.717) is 0 Å². The molecule has 0 aliphatic carbocycles. The van der Waals surface area contributed by atoms with Crippen LogP contribution in [0.5, 0.6) is 0 Å². The van der Waals surface area contributed by atoms with Crippen LogP contribution in [-0.4, -0.2) is 0 Å². The van der Waals surface area contributed by atoms with Gasteiger partial charge < -0.3 is 0 Å². The van der Waals surface area contributed by atoms with Gasteiger partial charge in [0.1, 0.15) is 0 Å². The number of hydrogen-bond donors (Lipinski definition) is 0. The van der Waals surface area contributed by atoms with Crippen molar-refractivity contribution in [3.63, 3.8) is 0 Å². The van der Waals surface area contributed by atoms with E-state index in [9.17, 15) is 0 Å². The molecule has 0 nitrogen and oxygen atoms in total. The number of hydrogen-bond acceptors (Lipinski definition) is 1. The number of allylic oxidation sites excluding steroid dienone is 2. The van der Waals surface area contributed by atoms with Crippen molar-refractivity contribution in [3.8, 4) is 0 Å². The van der Waals surface area contributed by atoms with Crippen LogP contribution in [0.15, 0.2) is 58.9 Å². The zero-order valence-corrected chi connectivity index (χ0v) is 10.1. The topological polar surface area (TPSA) is 0 Å². The molecule has 15 heavy (non-hydrogen) atoms. The minimum absolute atomic E-state index is 1.15. The second kappa shape index (κ2) is 7.36. The Bertz CT molecular complexity index is 311. The Morgan fingerprint density at radius 2 is 2.07 bits per heavy atom. The smallest absolute Gasteiger partial charge is 0.0122 e. The molecule has 80 valence electrons. The maximum Gasteiger partial charge on any atom is 0.0122 e. The normalized spacial score (nSPS) is 11.4. The Morgan fingerprint density at radius 1 is 1.33 bits per heavy atom. The Hall–Kier alpha value is -0.950. The molecule has 0 saturated carbocycles. The van der Waals surface area contributed by atoms with E-state index >= 15 is 0 Å². The van der Waals surface area contributed by atoms with Crippen molar-refractivity contribution < 1.29 is 0 Å². The summed E-state index contributed by atoms with van der Waals surface area (Å²) in [6, 6.07) is 10.4. The van der Waals surface area contributed by atoms with E-state index in [4.69, 9.17) is 0 Å². The molecule has 0 atom stereocenters. The first kappa shape index (κ1) is 12.1. The summed E-state index contributed by atoms with van der Waals surface area (Å²) in [5.41, 5.74) is 0. The monoisotopic (exact) mass is 218 g/mol. The predicted molar refractivity (Wildman–Crippen MR) is 70.1 cm³/mol. The summed E-state index contributed by atoms with van der Waals surface area (Å²) >= 11 is 1.78. The van der Waals surface area contributed by atoms with Crippen LogP contribution in [0.4, 0.5) is 0 Å². The second-order valence-electron chi connectivity index (χ2n) is 3.37. The van der Waals surface area contributed by atoms with Gasteiger partial charge in [-0.1, -0.05) is 68.5 Å². The predicted octanol–water partition coefficient (Wildman–Crippen LogP) is 5.04. The molecular formula is C14H18S. The molecule has 0 bridgehead atoms. The first-order valence-electron chi connectivity index (χ1n) is 5.42. The number of thioether (sulfide) groups is 1. The average molecular weight is 218 g/mol. The van der Waals surface area contributed by atoms with E-state index in [1.807, 2.05) is 12.1 Å². The third-order valence-electron chi connectivity index (χ3n) is 2.08. The number of rotatable bonds is 6. The summed E-state index contributed by atoms with van der Waals surface area (Å²) in [4.78, 5) is 2.54. The summed E-state index contributed by atoms with van der Waals surface area (Å²) in [6.07, 6.45) is 7.86. The Kier molecular flexibility index (Phi) is 5.94. The van der Waals surface area contributed by atoms with Gasteiger partial charge in [-0.2, -0.15) is 0 Å². The molecule has 0 saturated heterocycles. The standard InChI is InChI=1S/C14H18S/c1-3-5-7-10-13(4-2)15-14-11-8-6-9-12-14/h4,6,8-12H,2-3,5,7H2,1H3/b13-10+. The van der Waals surface area contributed by atoms with Gasteiger partial charge in [0.05, 0.1) is 0 Å². The van der Waals surface area contributed by atoms with Gasteiger partial charge in [-0.05, 0) is 18.6 Å². The van der Waals surface area contributed by atoms with Crippen molar-refractivity contribution in [1.82, 2.24) is 0 Å². The maximum absolute atomic E-state index is 3.85. The summed E-state index contributed by atoms with van der Waals surface area (Å²) in [7, 11) is 0. The number of benzene rings is 1. The van der Waals surface area contributed by atoms with Crippen LogP contribution in [0.1, 0.15) is 26.2 Å². The minimum Gasteiger partial charge on any atom is -0.0980 e. The molecule has 1 aromatic carbocycles. The van der Waals surface area contributed by atoms with E-state index in [0.717, 1.165) is 6.42 Å². The number of unbranched alkanes of at least 4 members (excludes halogenated alkanes) is 2. The van der Waals surface area contributed by atoms with Gasteiger partial charge in [-0.15, -0.1) is 0 Å². The highest BCUT2D eigenvalue weighted by Crippen LogP contribution is 2.27. The fraction of sp³-hybridized carbons (Fsp3) is 0.286. The quantitative estimate of drug-likeness (QED) is 0.366. The first-order valence-corrected chi connectivity index (χ1v) is 6.24. The van der Waals surface area contributed by atoms with E-state index in [2.05, 4.69) is 43.8 Å². The first-order chi connectivity index (χ1) is 7.36. The fourth-order valence-electron chi connectivity index (χ4n) is 1.24. The zero-order valence-electron chi connectivity index (χ0n) is 9.28. The lowest BCUT2D eigenvalue weighted by Gasteiger charge is -2.01. The maximum atomic E-state index is 3.85. The van der Waals surface area contributed by atoms with Crippen LogP contribution in [0.25, 0.3) is 0 Å². The van der Waals surface area contributed by atoms with E-state index in [-0.39, 0.29) is 0 Å². The highest BCUT2D eigenvalue weighted by Gasteiger charge is 1.95. The summed E-state index contributed by atoms with van der Waals surface area (Å²) in [5.74, 6) is 0. The van der Waals surface area contributed by atoms with Crippen LogP contribution < -0.4 is 0 Å². The molecule has 0 N–H and O–H groups in total. The van der Waals surface area contributed by atoms with Crippen molar-refractivity contribution in [2.75, 3.05) is 0 Å². The van der Waals surface area contributed by atoms with Gasteiger partial charge >= 0.3 is 0 Å². The Balaban J connectivity index is 2.54. The lowest BCUT2D eigenvalue weighted by molar-refractivity contribution is 0.814. The van der Waals surface area contributed by atoms with Crippen molar-refractivity contribution in [2.24, 2.45) is 0 Å². The van der Waals surface area contributed by atoms with Gasteiger partial charge in [-0.3, -0.25) is 0 Å². The van der Waals surface area contributed by atoms with Gasteiger partial charge in [0.2, 0.25) is 0 Å². The molecule has 1 heteroatoms. The molecule has 0 aliphatic rings. The van der Waals surface area contributed by atoms with Crippen LogP contribution in [0, 0.1) is 0 Å². The Labute approximate surface area is 97.1 Å². The molecule has 0 spiro atoms. The largest absolute Gasteiger partial charge is 0.0980 e. The van der Waals surface area contributed by atoms with E-state index in [1.54, 1.807) is 11.8 Å². The lowest BCUT2D eigenvalue weighted by Crippen LogP contribution is -1.74. The zero-order chi connectivity index (χ0) is 10.9. The van der Waals surface area contributed by atoms with E-state index in [1.165, 1.54) is 22.6 Å². The van der Waals surface area contributed by atoms with Crippen molar-refractivity contribution in [1.29, 1.82) is 0 Å². The Morgan fingerprint density at radius 3 is 2.67 bits per heavy atom. The van der Waals surface area contributed by atoms with Crippen molar-refractivity contribution in [2.45, 2.75) is 31.1 Å². The molecule has 0 fully saturated rings. The molecule has 1 rings (SSSR count). The summed E-state index contributed by atoms with van der Waals surface area (Å²) in [6.45, 7) is 6.06. The second-order valence-corrected chi connectivity index (χ2v) is 4.51. The molecule has 0 heterocycles. The van der Waals surface area contributed by atoms with Gasteiger partial charge in [-0.25, -0.2) is 0 Å². The highest BCUT2D eigenvalue weighted by molar-refractivity contribution is 8.03. The van der Waals surface area contributed by atoms with Crippen molar-refractivity contribution in [3.05, 3.63) is 54.0 Å². The van der Waals surface area contributed by atoms with Crippen LogP contribution in [-0.2, 0) is 0 Å². The molecule has 0 amide bonds. The molecule has 1 aromatic rings. The molecular weight excluding hydrogens is 200 g/mol. The van der Waals surface area contributed by atoms with E-state index < -0.39 is 0 Å². The average Bonchev–Trinajstić information content (AvgIpc) is 2.29. The van der Waals surface area contributed by atoms with Gasteiger partial charge in [0.25, 0.3) is 0 Å². The molecule has 0 aliphatic heterocycles. The summed E-state index contributed by atoms with van der Waals surface area (Å²) < 4.78 is 0. The third kappa shape index (κ3) is 4.89. The van der Waals surface area contributed by atoms with Crippen molar-refractivity contribution >= 4 is 11.8 Å². The molecule has 0 aromatic heterocycles. The lowest BCUT2D eigenvalue weighted by atomic mass is 10.2.